The van der Waals surface area contributed by atoms with Gasteiger partial charge in [-0.1, -0.05) is 48.5 Å². The van der Waals surface area contributed by atoms with E-state index in [0.29, 0.717) is 30.8 Å². The molecule has 0 bridgehead atoms. The molecule has 3 aromatic rings. The number of likely N-dealkylation sites (tertiary alicyclic amines) is 1. The number of rotatable bonds is 5. The molecule has 6 heteroatoms. The van der Waals surface area contributed by atoms with Crippen LogP contribution in [-0.2, 0) is 11.3 Å². The minimum absolute atomic E-state index is 0.0169. The van der Waals surface area contributed by atoms with Crippen molar-refractivity contribution in [2.45, 2.75) is 19.4 Å². The molecule has 0 aliphatic carbocycles. The number of hydrogen-bond donors (Lipinski definition) is 1. The third-order valence-electron chi connectivity index (χ3n) is 6.32. The van der Waals surface area contributed by atoms with E-state index in [2.05, 4.69) is 5.32 Å². The summed E-state index contributed by atoms with van der Waals surface area (Å²) in [7, 11) is 3.39. The number of hydrogen-bond acceptors (Lipinski definition) is 3. The van der Waals surface area contributed by atoms with E-state index in [4.69, 9.17) is 0 Å². The molecule has 1 fully saturated rings. The standard InChI is InChI=1S/C27H29N3O3/c1-28-25(31)21-14-12-19(13-15-21)17-29(2)26(32)22-9-6-16-30(18-22)27(33)24-11-5-8-20-7-3-4-10-23(20)24/h3-5,7-8,10-15,22H,6,9,16-18H2,1-2H3,(H,28,31). The lowest BCUT2D eigenvalue weighted by Gasteiger charge is -2.34. The van der Waals surface area contributed by atoms with Crippen molar-refractivity contribution in [2.75, 3.05) is 27.2 Å². The first-order valence-electron chi connectivity index (χ1n) is 11.3. The minimum atomic E-state index is -0.215. The van der Waals surface area contributed by atoms with Gasteiger partial charge in [-0.25, -0.2) is 0 Å². The number of nitrogens with one attached hydrogen (secondary N) is 1. The molecule has 3 amide bonds. The summed E-state index contributed by atoms with van der Waals surface area (Å²) in [6, 6.07) is 20.9. The van der Waals surface area contributed by atoms with E-state index in [1.54, 1.807) is 31.1 Å². The highest BCUT2D eigenvalue weighted by molar-refractivity contribution is 6.07. The highest BCUT2D eigenvalue weighted by atomic mass is 16.2. The third-order valence-corrected chi connectivity index (χ3v) is 6.32. The van der Waals surface area contributed by atoms with Crippen molar-refractivity contribution in [1.29, 1.82) is 0 Å². The van der Waals surface area contributed by atoms with E-state index in [9.17, 15) is 14.4 Å². The molecule has 0 saturated carbocycles. The highest BCUT2D eigenvalue weighted by Crippen LogP contribution is 2.24. The molecule has 1 heterocycles. The first kappa shape index (κ1) is 22.5. The van der Waals surface area contributed by atoms with Gasteiger partial charge in [-0.05, 0) is 47.4 Å². The molecule has 1 aliphatic rings. The van der Waals surface area contributed by atoms with Crippen LogP contribution in [0.25, 0.3) is 10.8 Å². The third kappa shape index (κ3) is 4.90. The van der Waals surface area contributed by atoms with Crippen LogP contribution in [0.1, 0.15) is 39.1 Å². The van der Waals surface area contributed by atoms with Gasteiger partial charge < -0.3 is 15.1 Å². The van der Waals surface area contributed by atoms with Gasteiger partial charge in [-0.15, -0.1) is 0 Å². The van der Waals surface area contributed by atoms with Gasteiger partial charge in [0.2, 0.25) is 5.91 Å². The topological polar surface area (TPSA) is 69.7 Å². The van der Waals surface area contributed by atoms with Crippen LogP contribution in [0.5, 0.6) is 0 Å². The summed E-state index contributed by atoms with van der Waals surface area (Å²) in [6.45, 7) is 1.55. The van der Waals surface area contributed by atoms with Crippen LogP contribution in [0.15, 0.2) is 66.7 Å². The summed E-state index contributed by atoms with van der Waals surface area (Å²) < 4.78 is 0. The van der Waals surface area contributed by atoms with Crippen molar-refractivity contribution < 1.29 is 14.4 Å². The number of amides is 3. The second-order valence-corrected chi connectivity index (χ2v) is 8.59. The molecular weight excluding hydrogens is 414 g/mol. The highest BCUT2D eigenvalue weighted by Gasteiger charge is 2.31. The number of carbonyl (C=O) groups is 3. The summed E-state index contributed by atoms with van der Waals surface area (Å²) in [5, 5.41) is 4.58. The first-order chi connectivity index (χ1) is 16.0. The Morgan fingerprint density at radius 3 is 2.48 bits per heavy atom. The zero-order chi connectivity index (χ0) is 23.4. The van der Waals surface area contributed by atoms with Crippen LogP contribution in [0.2, 0.25) is 0 Å². The van der Waals surface area contributed by atoms with Crippen molar-refractivity contribution in [3.8, 4) is 0 Å². The molecule has 0 aromatic heterocycles. The summed E-state index contributed by atoms with van der Waals surface area (Å²) in [5.41, 5.74) is 2.23. The molecule has 4 rings (SSSR count). The van der Waals surface area contributed by atoms with Gasteiger partial charge in [0.1, 0.15) is 0 Å². The fourth-order valence-corrected chi connectivity index (χ4v) is 4.51. The molecule has 0 radical (unpaired) electrons. The molecule has 1 atom stereocenters. The predicted octanol–water partition coefficient (Wildman–Crippen LogP) is 3.71. The molecule has 1 unspecified atom stereocenters. The Balaban J connectivity index is 1.42. The lowest BCUT2D eigenvalue weighted by Crippen LogP contribution is -2.45. The monoisotopic (exact) mass is 443 g/mol. The van der Waals surface area contributed by atoms with Crippen LogP contribution in [0.4, 0.5) is 0 Å². The number of fused-ring (bicyclic) bond motifs is 1. The van der Waals surface area contributed by atoms with Crippen molar-refractivity contribution in [1.82, 2.24) is 15.1 Å². The summed E-state index contributed by atoms with van der Waals surface area (Å²) >= 11 is 0. The maximum atomic E-state index is 13.3. The quantitative estimate of drug-likeness (QED) is 0.654. The van der Waals surface area contributed by atoms with Gasteiger partial charge >= 0.3 is 0 Å². The lowest BCUT2D eigenvalue weighted by molar-refractivity contribution is -0.136. The average molecular weight is 444 g/mol. The molecule has 1 saturated heterocycles. The molecule has 1 N–H and O–H groups in total. The zero-order valence-electron chi connectivity index (χ0n) is 19.1. The molecular formula is C27H29N3O3. The Morgan fingerprint density at radius 2 is 1.73 bits per heavy atom. The molecule has 170 valence electrons. The largest absolute Gasteiger partial charge is 0.355 e. The van der Waals surface area contributed by atoms with Gasteiger partial charge in [0, 0.05) is 44.9 Å². The van der Waals surface area contributed by atoms with Gasteiger partial charge in [0.15, 0.2) is 0 Å². The smallest absolute Gasteiger partial charge is 0.254 e. The molecule has 3 aromatic carbocycles. The molecule has 6 nitrogen and oxygen atoms in total. The Morgan fingerprint density at radius 1 is 1.00 bits per heavy atom. The maximum absolute atomic E-state index is 13.3. The van der Waals surface area contributed by atoms with Crippen molar-refractivity contribution in [3.05, 3.63) is 83.4 Å². The number of piperidine rings is 1. The zero-order valence-corrected chi connectivity index (χ0v) is 19.1. The van der Waals surface area contributed by atoms with Crippen LogP contribution < -0.4 is 5.32 Å². The second-order valence-electron chi connectivity index (χ2n) is 8.59. The predicted molar refractivity (Wildman–Crippen MR) is 129 cm³/mol. The fraction of sp³-hybridized carbons (Fsp3) is 0.296. The Labute approximate surface area is 194 Å². The summed E-state index contributed by atoms with van der Waals surface area (Å²) in [6.07, 6.45) is 1.58. The van der Waals surface area contributed by atoms with E-state index in [1.165, 1.54) is 0 Å². The van der Waals surface area contributed by atoms with Crippen molar-refractivity contribution in [2.24, 2.45) is 5.92 Å². The van der Waals surface area contributed by atoms with Gasteiger partial charge in [0.25, 0.3) is 11.8 Å². The van der Waals surface area contributed by atoms with Crippen LogP contribution in [0.3, 0.4) is 0 Å². The van der Waals surface area contributed by atoms with E-state index in [1.807, 2.05) is 59.5 Å². The van der Waals surface area contributed by atoms with E-state index in [0.717, 1.165) is 29.2 Å². The van der Waals surface area contributed by atoms with Gasteiger partial charge in [0.05, 0.1) is 5.92 Å². The molecule has 1 aliphatic heterocycles. The van der Waals surface area contributed by atoms with Crippen LogP contribution in [-0.4, -0.2) is 54.7 Å². The Bertz CT molecular complexity index is 1170. The first-order valence-corrected chi connectivity index (χ1v) is 11.3. The fourth-order valence-electron chi connectivity index (χ4n) is 4.51. The number of benzene rings is 3. The number of carbonyl (C=O) groups excluding carboxylic acids is 3. The Hall–Kier alpha value is -3.67. The Kier molecular flexibility index (Phi) is 6.73. The lowest BCUT2D eigenvalue weighted by atomic mass is 9.95. The van der Waals surface area contributed by atoms with E-state index < -0.39 is 0 Å². The maximum Gasteiger partial charge on any atom is 0.254 e. The van der Waals surface area contributed by atoms with Crippen molar-refractivity contribution >= 4 is 28.5 Å². The van der Waals surface area contributed by atoms with Crippen LogP contribution in [0, 0.1) is 5.92 Å². The van der Waals surface area contributed by atoms with Crippen LogP contribution >= 0.6 is 0 Å². The second kappa shape index (κ2) is 9.86. The average Bonchev–Trinajstić information content (AvgIpc) is 2.87. The van der Waals surface area contributed by atoms with Crippen molar-refractivity contribution in [3.63, 3.8) is 0 Å². The normalized spacial score (nSPS) is 15.8. The number of nitrogens with zero attached hydrogens (tertiary/aromatic N) is 2. The molecule has 33 heavy (non-hydrogen) atoms. The summed E-state index contributed by atoms with van der Waals surface area (Å²) in [5.74, 6) is -0.325. The SMILES string of the molecule is CNC(=O)c1ccc(CN(C)C(=O)C2CCCN(C(=O)c3cccc4ccccc34)C2)cc1. The van der Waals surface area contributed by atoms with E-state index in [-0.39, 0.29) is 23.6 Å². The minimum Gasteiger partial charge on any atom is -0.355 e. The van der Waals surface area contributed by atoms with Gasteiger partial charge in [-0.3, -0.25) is 14.4 Å². The molecule has 0 spiro atoms. The summed E-state index contributed by atoms with van der Waals surface area (Å²) in [4.78, 5) is 41.7. The van der Waals surface area contributed by atoms with Gasteiger partial charge in [-0.2, -0.15) is 0 Å². The van der Waals surface area contributed by atoms with E-state index >= 15 is 0 Å².